The van der Waals surface area contributed by atoms with Crippen LogP contribution >= 0.6 is 11.6 Å². The molecular weight excluding hydrogens is 358 g/mol. The summed E-state index contributed by atoms with van der Waals surface area (Å²) < 4.78 is 28.0. The van der Waals surface area contributed by atoms with Crippen molar-refractivity contribution >= 4 is 21.6 Å². The molecule has 0 heterocycles. The van der Waals surface area contributed by atoms with Gasteiger partial charge in [0.25, 0.3) is 0 Å². The molecule has 0 aliphatic heterocycles. The van der Waals surface area contributed by atoms with Crippen molar-refractivity contribution in [1.29, 1.82) is 0 Å². The summed E-state index contributed by atoms with van der Waals surface area (Å²) in [5.74, 6) is 0. The highest BCUT2D eigenvalue weighted by Gasteiger charge is 2.36. The molecule has 2 aromatic carbocycles. The minimum atomic E-state index is -3.73. The molecule has 25 heavy (non-hydrogen) atoms. The van der Waals surface area contributed by atoms with Crippen LogP contribution in [0.5, 0.6) is 0 Å². The number of nitrogens with zero attached hydrogens (tertiary/aromatic N) is 1. The van der Waals surface area contributed by atoms with Gasteiger partial charge in [-0.05, 0) is 42.7 Å². The van der Waals surface area contributed by atoms with E-state index < -0.39 is 22.2 Å². The zero-order chi connectivity index (χ0) is 17.9. The largest absolute Gasteiger partial charge is 0.391 e. The average Bonchev–Trinajstić information content (AvgIpc) is 2.62. The molecule has 1 aliphatic carbocycles. The smallest absolute Gasteiger partial charge is 0.243 e. The highest BCUT2D eigenvalue weighted by atomic mass is 35.5. The lowest BCUT2D eigenvalue weighted by atomic mass is 9.92. The number of aliphatic hydroxyl groups is 1. The summed E-state index contributed by atoms with van der Waals surface area (Å²) in [6.45, 7) is 0.244. The van der Waals surface area contributed by atoms with Crippen LogP contribution in [-0.2, 0) is 16.6 Å². The van der Waals surface area contributed by atoms with Gasteiger partial charge in [0.15, 0.2) is 0 Å². The zero-order valence-corrected chi connectivity index (χ0v) is 15.5. The van der Waals surface area contributed by atoms with E-state index in [2.05, 4.69) is 0 Å². The Kier molecular flexibility index (Phi) is 5.79. The first-order valence-corrected chi connectivity index (χ1v) is 10.3. The molecule has 0 bridgehead atoms. The molecule has 0 radical (unpaired) electrons. The third-order valence-electron chi connectivity index (χ3n) is 4.67. The molecule has 0 saturated heterocycles. The van der Waals surface area contributed by atoms with E-state index in [4.69, 9.17) is 11.6 Å². The fraction of sp³-hybridized carbons (Fsp3) is 0.368. The molecule has 2 atom stereocenters. The van der Waals surface area contributed by atoms with Gasteiger partial charge in [-0.1, -0.05) is 54.8 Å². The molecule has 2 aromatic rings. The molecule has 2 unspecified atom stereocenters. The maximum absolute atomic E-state index is 13.3. The Balaban J connectivity index is 1.98. The van der Waals surface area contributed by atoms with E-state index in [9.17, 15) is 13.5 Å². The van der Waals surface area contributed by atoms with Crippen molar-refractivity contribution in [2.75, 3.05) is 0 Å². The molecule has 1 fully saturated rings. The molecule has 1 N–H and O–H groups in total. The summed E-state index contributed by atoms with van der Waals surface area (Å²) >= 11 is 5.89. The van der Waals surface area contributed by atoms with Gasteiger partial charge in [-0.15, -0.1) is 0 Å². The van der Waals surface area contributed by atoms with Gasteiger partial charge in [0.1, 0.15) is 0 Å². The quantitative estimate of drug-likeness (QED) is 0.858. The fourth-order valence-corrected chi connectivity index (χ4v) is 5.11. The number of aliphatic hydroxyl groups excluding tert-OH is 1. The van der Waals surface area contributed by atoms with Crippen LogP contribution in [0.3, 0.4) is 0 Å². The topological polar surface area (TPSA) is 57.6 Å². The van der Waals surface area contributed by atoms with Crippen LogP contribution in [-0.4, -0.2) is 30.0 Å². The van der Waals surface area contributed by atoms with Gasteiger partial charge in [-0.3, -0.25) is 0 Å². The monoisotopic (exact) mass is 379 g/mol. The molecule has 0 amide bonds. The lowest BCUT2D eigenvalue weighted by Gasteiger charge is -2.36. The van der Waals surface area contributed by atoms with E-state index in [1.54, 1.807) is 12.1 Å². The number of hydrogen-bond acceptors (Lipinski definition) is 3. The number of sulfonamides is 1. The van der Waals surface area contributed by atoms with E-state index in [-0.39, 0.29) is 11.4 Å². The van der Waals surface area contributed by atoms with E-state index in [0.29, 0.717) is 17.9 Å². The lowest BCUT2D eigenvalue weighted by molar-refractivity contribution is 0.0533. The van der Waals surface area contributed by atoms with Gasteiger partial charge in [0, 0.05) is 11.6 Å². The number of halogens is 1. The van der Waals surface area contributed by atoms with E-state index in [1.807, 2.05) is 30.3 Å². The third kappa shape index (κ3) is 4.23. The number of hydrogen-bond donors (Lipinski definition) is 1. The van der Waals surface area contributed by atoms with Crippen LogP contribution in [0, 0.1) is 0 Å². The van der Waals surface area contributed by atoms with Gasteiger partial charge < -0.3 is 5.11 Å². The normalized spacial score (nSPS) is 21.4. The summed E-state index contributed by atoms with van der Waals surface area (Å²) in [4.78, 5) is 0.200. The highest BCUT2D eigenvalue weighted by Crippen LogP contribution is 2.30. The molecule has 1 aliphatic rings. The Morgan fingerprint density at radius 2 is 1.64 bits per heavy atom. The van der Waals surface area contributed by atoms with Crippen molar-refractivity contribution < 1.29 is 13.5 Å². The number of benzene rings is 2. The average molecular weight is 380 g/mol. The maximum atomic E-state index is 13.3. The lowest BCUT2D eigenvalue weighted by Crippen LogP contribution is -2.48. The molecule has 4 nitrogen and oxygen atoms in total. The second-order valence-electron chi connectivity index (χ2n) is 6.41. The summed E-state index contributed by atoms with van der Waals surface area (Å²) in [6.07, 6.45) is 2.51. The zero-order valence-electron chi connectivity index (χ0n) is 13.9. The van der Waals surface area contributed by atoms with E-state index in [0.717, 1.165) is 18.4 Å². The van der Waals surface area contributed by atoms with Crippen LogP contribution < -0.4 is 0 Å². The minimum Gasteiger partial charge on any atom is -0.391 e. The molecule has 1 saturated carbocycles. The second-order valence-corrected chi connectivity index (χ2v) is 8.74. The van der Waals surface area contributed by atoms with Crippen LogP contribution in [0.25, 0.3) is 0 Å². The van der Waals surface area contributed by atoms with Crippen molar-refractivity contribution in [1.82, 2.24) is 4.31 Å². The van der Waals surface area contributed by atoms with Gasteiger partial charge in [-0.25, -0.2) is 8.42 Å². The summed E-state index contributed by atoms with van der Waals surface area (Å²) in [5.41, 5.74) is 0.901. The van der Waals surface area contributed by atoms with Crippen LogP contribution in [0.4, 0.5) is 0 Å². The first kappa shape index (κ1) is 18.4. The Morgan fingerprint density at radius 3 is 2.28 bits per heavy atom. The van der Waals surface area contributed by atoms with E-state index >= 15 is 0 Å². The van der Waals surface area contributed by atoms with E-state index in [1.165, 1.54) is 16.4 Å². The molecule has 0 spiro atoms. The summed E-state index contributed by atoms with van der Waals surface area (Å²) in [7, 11) is -3.73. The molecule has 6 heteroatoms. The van der Waals surface area contributed by atoms with Crippen molar-refractivity contribution in [2.24, 2.45) is 0 Å². The summed E-state index contributed by atoms with van der Waals surface area (Å²) in [6, 6.07) is 15.3. The first-order valence-electron chi connectivity index (χ1n) is 8.48. The Hall–Kier alpha value is -1.40. The highest BCUT2D eigenvalue weighted by molar-refractivity contribution is 7.89. The Labute approximate surface area is 154 Å². The van der Waals surface area contributed by atoms with Crippen molar-refractivity contribution in [2.45, 2.75) is 49.3 Å². The van der Waals surface area contributed by atoms with Crippen molar-refractivity contribution in [3.05, 3.63) is 65.2 Å². The molecule has 0 aromatic heterocycles. The predicted octanol–water partition coefficient (Wildman–Crippen LogP) is 3.83. The minimum absolute atomic E-state index is 0.200. The Morgan fingerprint density at radius 1 is 1.00 bits per heavy atom. The van der Waals surface area contributed by atoms with Crippen molar-refractivity contribution in [3.63, 3.8) is 0 Å². The SMILES string of the molecule is O=S(=O)(c1ccc(Cl)cc1)N(Cc1ccccc1)C1CCCCC1O. The van der Waals surface area contributed by atoms with Crippen LogP contribution in [0.2, 0.25) is 5.02 Å². The Bertz CT molecular complexity index is 793. The molecular formula is C19H22ClNO3S. The summed E-state index contributed by atoms with van der Waals surface area (Å²) in [5, 5.41) is 10.9. The van der Waals surface area contributed by atoms with Gasteiger partial charge in [-0.2, -0.15) is 4.31 Å². The second kappa shape index (κ2) is 7.87. The molecule has 134 valence electrons. The first-order chi connectivity index (χ1) is 12.0. The van der Waals surface area contributed by atoms with Gasteiger partial charge >= 0.3 is 0 Å². The van der Waals surface area contributed by atoms with Crippen LogP contribution in [0.1, 0.15) is 31.2 Å². The fourth-order valence-electron chi connectivity index (χ4n) is 3.31. The number of rotatable bonds is 5. The predicted molar refractivity (Wildman–Crippen MR) is 98.9 cm³/mol. The van der Waals surface area contributed by atoms with Gasteiger partial charge in [0.2, 0.25) is 10.0 Å². The standard InChI is InChI=1S/C19H22ClNO3S/c20-16-10-12-17(13-11-16)25(23,24)21(14-15-6-2-1-3-7-15)18-8-4-5-9-19(18)22/h1-3,6-7,10-13,18-19,22H,4-5,8-9,14H2. The van der Waals surface area contributed by atoms with Crippen molar-refractivity contribution in [3.8, 4) is 0 Å². The van der Waals surface area contributed by atoms with Crippen LogP contribution in [0.15, 0.2) is 59.5 Å². The maximum Gasteiger partial charge on any atom is 0.243 e. The molecule has 3 rings (SSSR count). The third-order valence-corrected chi connectivity index (χ3v) is 6.80. The van der Waals surface area contributed by atoms with Gasteiger partial charge in [0.05, 0.1) is 17.0 Å².